The Morgan fingerprint density at radius 1 is 1.32 bits per heavy atom. The van der Waals surface area contributed by atoms with Gasteiger partial charge in [-0.05, 0) is 42.4 Å². The summed E-state index contributed by atoms with van der Waals surface area (Å²) in [6, 6.07) is 8.07. The molecule has 1 aliphatic rings. The van der Waals surface area contributed by atoms with Crippen molar-refractivity contribution in [3.05, 3.63) is 29.8 Å². The molecule has 0 aromatic heterocycles. The van der Waals surface area contributed by atoms with E-state index in [0.717, 1.165) is 31.4 Å². The van der Waals surface area contributed by atoms with Gasteiger partial charge in [0, 0.05) is 18.3 Å². The van der Waals surface area contributed by atoms with Crippen LogP contribution in [0.3, 0.4) is 0 Å². The molecular formula is C18H30N4O2S. The van der Waals surface area contributed by atoms with Gasteiger partial charge in [-0.15, -0.1) is 0 Å². The first-order valence-electron chi connectivity index (χ1n) is 8.89. The van der Waals surface area contributed by atoms with Gasteiger partial charge in [0.1, 0.15) is 0 Å². The molecule has 0 radical (unpaired) electrons. The molecule has 0 amide bonds. The Kier molecular flexibility index (Phi) is 6.84. The molecular weight excluding hydrogens is 336 g/mol. The molecule has 0 spiro atoms. The molecule has 2 atom stereocenters. The maximum atomic E-state index is 11.5. The van der Waals surface area contributed by atoms with E-state index in [4.69, 9.17) is 5.73 Å². The number of anilines is 1. The highest BCUT2D eigenvalue weighted by Gasteiger charge is 2.27. The number of benzene rings is 1. The van der Waals surface area contributed by atoms with E-state index in [2.05, 4.69) is 41.0 Å². The predicted molar refractivity (Wildman–Crippen MR) is 104 cm³/mol. The third-order valence-electron chi connectivity index (χ3n) is 4.60. The van der Waals surface area contributed by atoms with Crippen molar-refractivity contribution in [2.24, 2.45) is 16.6 Å². The lowest BCUT2D eigenvalue weighted by molar-refractivity contribution is 0.297. The van der Waals surface area contributed by atoms with Crippen LogP contribution in [0, 0.1) is 5.92 Å². The maximum absolute atomic E-state index is 11.5. The minimum Gasteiger partial charge on any atom is -0.370 e. The number of aliphatic imine (C=N–C) groups is 1. The molecule has 25 heavy (non-hydrogen) atoms. The standard InChI is InChI=1S/C18H30N4O2S/c1-13(2)14-8-6-9-16(11-14)21-18(19)20-12-15-7-4-5-10-17(15)22-25(3,23)24/h6,8-9,11,13,15,17,22H,4-5,7,10,12H2,1-3H3,(H3,19,20,21). The van der Waals surface area contributed by atoms with Crippen molar-refractivity contribution in [1.29, 1.82) is 0 Å². The van der Waals surface area contributed by atoms with E-state index in [1.54, 1.807) is 0 Å². The Hall–Kier alpha value is -1.60. The average Bonchev–Trinajstić information content (AvgIpc) is 2.53. The van der Waals surface area contributed by atoms with Crippen molar-refractivity contribution in [2.45, 2.75) is 51.5 Å². The van der Waals surface area contributed by atoms with E-state index in [1.165, 1.54) is 11.8 Å². The molecule has 1 fully saturated rings. The molecule has 4 N–H and O–H groups in total. The number of hydrogen-bond acceptors (Lipinski definition) is 3. The zero-order valence-corrected chi connectivity index (χ0v) is 16.1. The van der Waals surface area contributed by atoms with Crippen LogP contribution in [0.25, 0.3) is 0 Å². The van der Waals surface area contributed by atoms with Crippen molar-refractivity contribution >= 4 is 21.7 Å². The SMILES string of the molecule is CC(C)c1cccc(NC(N)=NCC2CCCCC2NS(C)(=O)=O)c1. The molecule has 7 heteroatoms. The van der Waals surface area contributed by atoms with Gasteiger partial charge < -0.3 is 11.1 Å². The highest BCUT2D eigenvalue weighted by molar-refractivity contribution is 7.88. The highest BCUT2D eigenvalue weighted by atomic mass is 32.2. The molecule has 0 bridgehead atoms. The second-order valence-corrected chi connectivity index (χ2v) is 8.95. The smallest absolute Gasteiger partial charge is 0.208 e. The third kappa shape index (κ3) is 6.66. The zero-order chi connectivity index (χ0) is 18.4. The second-order valence-electron chi connectivity index (χ2n) is 7.17. The minimum atomic E-state index is -3.20. The van der Waals surface area contributed by atoms with Gasteiger partial charge >= 0.3 is 0 Å². The summed E-state index contributed by atoms with van der Waals surface area (Å²) in [7, 11) is -3.20. The molecule has 0 aliphatic heterocycles. The monoisotopic (exact) mass is 366 g/mol. The number of nitrogens with one attached hydrogen (secondary N) is 2. The van der Waals surface area contributed by atoms with Crippen molar-refractivity contribution in [3.8, 4) is 0 Å². The van der Waals surface area contributed by atoms with E-state index >= 15 is 0 Å². The minimum absolute atomic E-state index is 0.0513. The van der Waals surface area contributed by atoms with Crippen LogP contribution in [0.15, 0.2) is 29.3 Å². The van der Waals surface area contributed by atoms with Crippen LogP contribution in [0.1, 0.15) is 51.0 Å². The predicted octanol–water partition coefficient (Wildman–Crippen LogP) is 2.64. The summed E-state index contributed by atoms with van der Waals surface area (Å²) in [6.07, 6.45) is 5.18. The lowest BCUT2D eigenvalue weighted by Gasteiger charge is -2.30. The van der Waals surface area contributed by atoms with E-state index in [1.807, 2.05) is 12.1 Å². The van der Waals surface area contributed by atoms with Crippen molar-refractivity contribution in [3.63, 3.8) is 0 Å². The van der Waals surface area contributed by atoms with Crippen LogP contribution < -0.4 is 15.8 Å². The van der Waals surface area contributed by atoms with E-state index < -0.39 is 10.0 Å². The number of sulfonamides is 1. The molecule has 1 saturated carbocycles. The summed E-state index contributed by atoms with van der Waals surface area (Å²) >= 11 is 0. The van der Waals surface area contributed by atoms with E-state index in [-0.39, 0.29) is 12.0 Å². The fourth-order valence-corrected chi connectivity index (χ4v) is 4.10. The van der Waals surface area contributed by atoms with Gasteiger partial charge in [0.05, 0.1) is 6.26 Å². The number of guanidine groups is 1. The fraction of sp³-hybridized carbons (Fsp3) is 0.611. The van der Waals surface area contributed by atoms with Crippen molar-refractivity contribution in [1.82, 2.24) is 4.72 Å². The maximum Gasteiger partial charge on any atom is 0.208 e. The largest absolute Gasteiger partial charge is 0.370 e. The average molecular weight is 367 g/mol. The van der Waals surface area contributed by atoms with Gasteiger partial charge in [-0.1, -0.05) is 38.8 Å². The van der Waals surface area contributed by atoms with Crippen LogP contribution in [0.2, 0.25) is 0 Å². The summed E-state index contributed by atoms with van der Waals surface area (Å²) in [4.78, 5) is 4.45. The molecule has 1 aromatic rings. The zero-order valence-electron chi connectivity index (χ0n) is 15.3. The number of nitrogens with two attached hydrogens (primary N) is 1. The van der Waals surface area contributed by atoms with E-state index in [9.17, 15) is 8.42 Å². The molecule has 0 heterocycles. The Balaban J connectivity index is 1.98. The van der Waals surface area contributed by atoms with Gasteiger partial charge in [0.25, 0.3) is 0 Å². The summed E-state index contributed by atoms with van der Waals surface area (Å²) in [5.74, 6) is 1.00. The summed E-state index contributed by atoms with van der Waals surface area (Å²) in [5.41, 5.74) is 8.18. The van der Waals surface area contributed by atoms with Gasteiger partial charge in [-0.25, -0.2) is 13.1 Å². The number of rotatable bonds is 6. The summed E-state index contributed by atoms with van der Waals surface area (Å²) in [6.45, 7) is 4.82. The molecule has 1 aliphatic carbocycles. The molecule has 0 saturated heterocycles. The van der Waals surface area contributed by atoms with Crippen LogP contribution in [-0.4, -0.2) is 33.2 Å². The van der Waals surface area contributed by atoms with Crippen LogP contribution in [-0.2, 0) is 10.0 Å². The number of nitrogens with zero attached hydrogens (tertiary/aromatic N) is 1. The van der Waals surface area contributed by atoms with Gasteiger partial charge in [-0.3, -0.25) is 4.99 Å². The fourth-order valence-electron chi connectivity index (χ4n) is 3.23. The molecule has 1 aromatic carbocycles. The highest BCUT2D eigenvalue weighted by Crippen LogP contribution is 2.25. The van der Waals surface area contributed by atoms with Crippen molar-refractivity contribution in [2.75, 3.05) is 18.1 Å². The van der Waals surface area contributed by atoms with Gasteiger partial charge in [0.15, 0.2) is 5.96 Å². The molecule has 140 valence electrons. The number of hydrogen-bond donors (Lipinski definition) is 3. The summed E-state index contributed by atoms with van der Waals surface area (Å²) < 4.78 is 25.8. The van der Waals surface area contributed by atoms with Crippen LogP contribution in [0.5, 0.6) is 0 Å². The van der Waals surface area contributed by atoms with Gasteiger partial charge in [0.2, 0.25) is 10.0 Å². The molecule has 6 nitrogen and oxygen atoms in total. The van der Waals surface area contributed by atoms with Crippen LogP contribution >= 0.6 is 0 Å². The third-order valence-corrected chi connectivity index (χ3v) is 5.33. The second kappa shape index (κ2) is 8.67. The summed E-state index contributed by atoms with van der Waals surface area (Å²) in [5, 5.41) is 3.13. The Morgan fingerprint density at radius 3 is 2.72 bits per heavy atom. The Labute approximate surface area is 151 Å². The van der Waals surface area contributed by atoms with Crippen molar-refractivity contribution < 1.29 is 8.42 Å². The topological polar surface area (TPSA) is 96.6 Å². The lowest BCUT2D eigenvalue weighted by atomic mass is 9.85. The van der Waals surface area contributed by atoms with Crippen LogP contribution in [0.4, 0.5) is 5.69 Å². The normalized spacial score (nSPS) is 22.2. The van der Waals surface area contributed by atoms with Gasteiger partial charge in [-0.2, -0.15) is 0 Å². The first-order valence-corrected chi connectivity index (χ1v) is 10.8. The Bertz CT molecular complexity index is 701. The first kappa shape index (κ1) is 19.7. The lowest BCUT2D eigenvalue weighted by Crippen LogP contribution is -2.43. The Morgan fingerprint density at radius 2 is 2.04 bits per heavy atom. The van der Waals surface area contributed by atoms with E-state index in [0.29, 0.717) is 18.4 Å². The molecule has 2 rings (SSSR count). The molecule has 2 unspecified atom stereocenters. The quantitative estimate of drug-likeness (QED) is 0.532. The first-order chi connectivity index (χ1) is 11.7.